The SMILES string of the molecule is CC1CN=C(NCCOc2ccccc2C(C)C)N1. The largest absolute Gasteiger partial charge is 0.491 e. The second-order valence-electron chi connectivity index (χ2n) is 5.20. The molecular formula is C15H23N3O. The van der Waals surface area contributed by atoms with E-state index in [0.29, 0.717) is 18.6 Å². The molecule has 1 aromatic carbocycles. The molecular weight excluding hydrogens is 238 g/mol. The molecule has 4 nitrogen and oxygen atoms in total. The van der Waals surface area contributed by atoms with E-state index in [0.717, 1.165) is 24.8 Å². The van der Waals surface area contributed by atoms with Crippen LogP contribution in [0.2, 0.25) is 0 Å². The van der Waals surface area contributed by atoms with Gasteiger partial charge in [0.2, 0.25) is 0 Å². The summed E-state index contributed by atoms with van der Waals surface area (Å²) in [6, 6.07) is 8.66. The third-order valence-electron chi connectivity index (χ3n) is 3.10. The first kappa shape index (κ1) is 13.7. The molecule has 0 aliphatic carbocycles. The molecule has 1 unspecified atom stereocenters. The lowest BCUT2D eigenvalue weighted by atomic mass is 10.0. The Morgan fingerprint density at radius 2 is 2.21 bits per heavy atom. The van der Waals surface area contributed by atoms with Crippen LogP contribution in [-0.4, -0.2) is 31.7 Å². The molecule has 0 bridgehead atoms. The maximum atomic E-state index is 5.84. The maximum absolute atomic E-state index is 5.84. The van der Waals surface area contributed by atoms with Crippen LogP contribution in [0.4, 0.5) is 0 Å². The van der Waals surface area contributed by atoms with Crippen LogP contribution in [0.1, 0.15) is 32.3 Å². The Morgan fingerprint density at radius 1 is 1.42 bits per heavy atom. The van der Waals surface area contributed by atoms with Crippen molar-refractivity contribution in [1.82, 2.24) is 10.6 Å². The summed E-state index contributed by atoms with van der Waals surface area (Å²) in [5, 5.41) is 6.51. The van der Waals surface area contributed by atoms with Crippen molar-refractivity contribution in [3.63, 3.8) is 0 Å². The summed E-state index contributed by atoms with van der Waals surface area (Å²) in [4.78, 5) is 4.35. The average molecular weight is 261 g/mol. The number of guanidine groups is 1. The summed E-state index contributed by atoms with van der Waals surface area (Å²) in [7, 11) is 0. The van der Waals surface area contributed by atoms with E-state index >= 15 is 0 Å². The summed E-state index contributed by atoms with van der Waals surface area (Å²) in [5.41, 5.74) is 1.26. The van der Waals surface area contributed by atoms with Crippen molar-refractivity contribution in [2.75, 3.05) is 19.7 Å². The van der Waals surface area contributed by atoms with Gasteiger partial charge < -0.3 is 15.4 Å². The number of para-hydroxylation sites is 1. The first-order valence-corrected chi connectivity index (χ1v) is 6.93. The number of hydrogen-bond donors (Lipinski definition) is 2. The van der Waals surface area contributed by atoms with Crippen LogP contribution >= 0.6 is 0 Å². The standard InChI is InChI=1S/C15H23N3O/c1-11(2)13-6-4-5-7-14(13)19-9-8-16-15-17-10-12(3)18-15/h4-7,11-12H,8-10H2,1-3H3,(H2,16,17,18). The molecule has 0 fully saturated rings. The predicted molar refractivity (Wildman–Crippen MR) is 78.9 cm³/mol. The van der Waals surface area contributed by atoms with Crippen molar-refractivity contribution in [2.24, 2.45) is 4.99 Å². The molecule has 4 heteroatoms. The van der Waals surface area contributed by atoms with E-state index in [1.165, 1.54) is 5.56 Å². The molecule has 0 spiro atoms. The highest BCUT2D eigenvalue weighted by Crippen LogP contribution is 2.25. The monoisotopic (exact) mass is 261 g/mol. The molecule has 104 valence electrons. The van der Waals surface area contributed by atoms with Crippen LogP contribution in [0.15, 0.2) is 29.3 Å². The fraction of sp³-hybridized carbons (Fsp3) is 0.533. The Labute approximate surface area is 115 Å². The molecule has 0 radical (unpaired) electrons. The van der Waals surface area contributed by atoms with Crippen LogP contribution < -0.4 is 15.4 Å². The minimum Gasteiger partial charge on any atom is -0.491 e. The molecule has 0 amide bonds. The third-order valence-corrected chi connectivity index (χ3v) is 3.10. The van der Waals surface area contributed by atoms with E-state index in [4.69, 9.17) is 4.74 Å². The van der Waals surface area contributed by atoms with Crippen molar-refractivity contribution in [2.45, 2.75) is 32.7 Å². The van der Waals surface area contributed by atoms with Crippen molar-refractivity contribution >= 4 is 5.96 Å². The van der Waals surface area contributed by atoms with Gasteiger partial charge in [0.25, 0.3) is 0 Å². The minimum atomic E-state index is 0.435. The molecule has 0 aromatic heterocycles. The van der Waals surface area contributed by atoms with Crippen LogP contribution in [0.3, 0.4) is 0 Å². The Morgan fingerprint density at radius 3 is 2.89 bits per heavy atom. The molecule has 2 rings (SSSR count). The van der Waals surface area contributed by atoms with Crippen LogP contribution in [0.25, 0.3) is 0 Å². The fourth-order valence-electron chi connectivity index (χ4n) is 2.08. The fourth-order valence-corrected chi connectivity index (χ4v) is 2.08. The normalized spacial score (nSPS) is 18.1. The zero-order chi connectivity index (χ0) is 13.7. The number of hydrogen-bond acceptors (Lipinski definition) is 4. The predicted octanol–water partition coefficient (Wildman–Crippen LogP) is 2.13. The number of benzene rings is 1. The van der Waals surface area contributed by atoms with Gasteiger partial charge in [0.05, 0.1) is 13.1 Å². The van der Waals surface area contributed by atoms with Crippen molar-refractivity contribution in [3.8, 4) is 5.75 Å². The van der Waals surface area contributed by atoms with Gasteiger partial charge in [-0.25, -0.2) is 0 Å². The molecule has 0 saturated heterocycles. The van der Waals surface area contributed by atoms with E-state index in [9.17, 15) is 0 Å². The molecule has 19 heavy (non-hydrogen) atoms. The van der Waals surface area contributed by atoms with Crippen molar-refractivity contribution in [3.05, 3.63) is 29.8 Å². The van der Waals surface area contributed by atoms with Crippen molar-refractivity contribution in [1.29, 1.82) is 0 Å². The molecule has 0 saturated carbocycles. The van der Waals surface area contributed by atoms with E-state index in [1.54, 1.807) is 0 Å². The van der Waals surface area contributed by atoms with Gasteiger partial charge in [-0.05, 0) is 24.5 Å². The second-order valence-corrected chi connectivity index (χ2v) is 5.20. The molecule has 1 aromatic rings. The summed E-state index contributed by atoms with van der Waals surface area (Å²) < 4.78 is 5.84. The number of nitrogens with one attached hydrogen (secondary N) is 2. The zero-order valence-electron chi connectivity index (χ0n) is 11.9. The highest BCUT2D eigenvalue weighted by Gasteiger charge is 2.11. The Hall–Kier alpha value is -1.71. The third kappa shape index (κ3) is 3.88. The Balaban J connectivity index is 1.77. The number of rotatable bonds is 5. The van der Waals surface area contributed by atoms with E-state index in [-0.39, 0.29) is 0 Å². The van der Waals surface area contributed by atoms with Gasteiger partial charge in [0.1, 0.15) is 12.4 Å². The highest BCUT2D eigenvalue weighted by molar-refractivity contribution is 5.81. The number of aliphatic imine (C=N–C) groups is 1. The van der Waals surface area contributed by atoms with Gasteiger partial charge in [0, 0.05) is 6.04 Å². The van der Waals surface area contributed by atoms with E-state index in [2.05, 4.69) is 48.5 Å². The lowest BCUT2D eigenvalue weighted by Crippen LogP contribution is -2.39. The minimum absolute atomic E-state index is 0.435. The highest BCUT2D eigenvalue weighted by atomic mass is 16.5. The second kappa shape index (κ2) is 6.45. The number of nitrogens with zero attached hydrogens (tertiary/aromatic N) is 1. The lowest BCUT2D eigenvalue weighted by Gasteiger charge is -2.14. The van der Waals surface area contributed by atoms with E-state index < -0.39 is 0 Å². The van der Waals surface area contributed by atoms with Crippen molar-refractivity contribution < 1.29 is 4.74 Å². The molecule has 1 heterocycles. The maximum Gasteiger partial charge on any atom is 0.191 e. The lowest BCUT2D eigenvalue weighted by molar-refractivity contribution is 0.317. The quantitative estimate of drug-likeness (QED) is 0.798. The number of ether oxygens (including phenoxy) is 1. The molecule has 1 atom stereocenters. The first-order chi connectivity index (χ1) is 9.16. The summed E-state index contributed by atoms with van der Waals surface area (Å²) in [6.45, 7) is 8.72. The summed E-state index contributed by atoms with van der Waals surface area (Å²) in [6.07, 6.45) is 0. The Kier molecular flexibility index (Phi) is 4.66. The molecule has 2 N–H and O–H groups in total. The van der Waals surface area contributed by atoms with Gasteiger partial charge in [0.15, 0.2) is 5.96 Å². The Bertz CT molecular complexity index is 443. The topological polar surface area (TPSA) is 45.7 Å². The van der Waals surface area contributed by atoms with Crippen LogP contribution in [0.5, 0.6) is 5.75 Å². The average Bonchev–Trinajstić information content (AvgIpc) is 2.81. The van der Waals surface area contributed by atoms with Crippen LogP contribution in [0, 0.1) is 0 Å². The molecule has 1 aliphatic heterocycles. The smallest absolute Gasteiger partial charge is 0.191 e. The van der Waals surface area contributed by atoms with Crippen LogP contribution in [-0.2, 0) is 0 Å². The van der Waals surface area contributed by atoms with Gasteiger partial charge in [-0.1, -0.05) is 32.0 Å². The zero-order valence-corrected chi connectivity index (χ0v) is 11.9. The van der Waals surface area contributed by atoms with Gasteiger partial charge in [-0.2, -0.15) is 0 Å². The summed E-state index contributed by atoms with van der Waals surface area (Å²) >= 11 is 0. The molecule has 1 aliphatic rings. The van der Waals surface area contributed by atoms with Gasteiger partial charge in [-0.15, -0.1) is 0 Å². The summed E-state index contributed by atoms with van der Waals surface area (Å²) in [5.74, 6) is 2.34. The van der Waals surface area contributed by atoms with E-state index in [1.807, 2.05) is 12.1 Å². The van der Waals surface area contributed by atoms with Gasteiger partial charge >= 0.3 is 0 Å². The van der Waals surface area contributed by atoms with Gasteiger partial charge in [-0.3, -0.25) is 4.99 Å². The first-order valence-electron chi connectivity index (χ1n) is 6.93.